The van der Waals surface area contributed by atoms with E-state index in [1.807, 2.05) is 0 Å². The standard InChI is InChI=1S/C24H26N4O18S2/c29-14-5-6-15(30)27(14)45-20(35)4-2-1-3-9-24(23(38)46-28-16(31)7-8-17(28)32,25-18(33)10-12(21(25)36)47(39,40)41)26-19(34)11-13(22(26)37)48(42,43)44/h12-13H,1-11H2,(H,39,40,41)(H,42,43,44). The highest BCUT2D eigenvalue weighted by Gasteiger charge is 2.67. The first kappa shape index (κ1) is 36.2. The third-order valence-electron chi connectivity index (χ3n) is 7.78. The number of likely N-dealkylation sites (tertiary alicyclic amines) is 2. The molecule has 0 aliphatic carbocycles. The van der Waals surface area contributed by atoms with Crippen LogP contribution in [0.1, 0.15) is 70.6 Å². The van der Waals surface area contributed by atoms with E-state index in [2.05, 4.69) is 0 Å². The highest BCUT2D eigenvalue weighted by Crippen LogP contribution is 2.40. The molecule has 0 aromatic heterocycles. The Kier molecular flexibility index (Phi) is 9.85. The van der Waals surface area contributed by atoms with Gasteiger partial charge in [0.2, 0.25) is 17.5 Å². The average molecular weight is 723 g/mol. The van der Waals surface area contributed by atoms with Crippen LogP contribution in [0, 0.1) is 0 Å². The molecular formula is C24H26N4O18S2. The average Bonchev–Trinajstić information content (AvgIpc) is 3.67. The van der Waals surface area contributed by atoms with Crippen molar-refractivity contribution in [2.75, 3.05) is 0 Å². The van der Waals surface area contributed by atoms with Crippen LogP contribution in [0.4, 0.5) is 0 Å². The predicted octanol–water partition coefficient (Wildman–Crippen LogP) is -3.12. The lowest BCUT2D eigenvalue weighted by Crippen LogP contribution is -2.70. The predicted molar refractivity (Wildman–Crippen MR) is 144 cm³/mol. The summed E-state index contributed by atoms with van der Waals surface area (Å²) in [7, 11) is -10.8. The number of hydroxylamine groups is 4. The second-order valence-electron chi connectivity index (χ2n) is 10.9. The van der Waals surface area contributed by atoms with E-state index in [1.165, 1.54) is 0 Å². The van der Waals surface area contributed by atoms with Crippen molar-refractivity contribution < 1.29 is 83.6 Å². The van der Waals surface area contributed by atoms with Crippen LogP contribution in [-0.2, 0) is 77.9 Å². The number of carbonyl (C=O) groups is 10. The quantitative estimate of drug-likeness (QED) is 0.108. The summed E-state index contributed by atoms with van der Waals surface area (Å²) >= 11 is 0. The summed E-state index contributed by atoms with van der Waals surface area (Å²) in [5.41, 5.74) is -3.45. The summed E-state index contributed by atoms with van der Waals surface area (Å²) in [4.78, 5) is 136. The summed E-state index contributed by atoms with van der Waals surface area (Å²) in [6.45, 7) is 0. The van der Waals surface area contributed by atoms with Gasteiger partial charge < -0.3 is 9.68 Å². The Morgan fingerprint density at radius 3 is 1.40 bits per heavy atom. The molecule has 4 heterocycles. The third kappa shape index (κ3) is 6.67. The molecule has 8 amide bonds. The Bertz CT molecular complexity index is 1650. The first-order chi connectivity index (χ1) is 22.2. The molecule has 4 aliphatic rings. The van der Waals surface area contributed by atoms with E-state index >= 15 is 0 Å². The minimum absolute atomic E-state index is 0.107. The fourth-order valence-corrected chi connectivity index (χ4v) is 6.92. The van der Waals surface area contributed by atoms with E-state index in [9.17, 15) is 73.9 Å². The molecule has 48 heavy (non-hydrogen) atoms. The zero-order chi connectivity index (χ0) is 35.9. The molecule has 0 aromatic carbocycles. The highest BCUT2D eigenvalue weighted by atomic mass is 32.2. The number of hydrogen-bond donors (Lipinski definition) is 2. The molecule has 2 unspecified atom stereocenters. The van der Waals surface area contributed by atoms with Gasteiger partial charge in [-0.25, -0.2) is 19.4 Å². The van der Waals surface area contributed by atoms with Crippen LogP contribution >= 0.6 is 0 Å². The fraction of sp³-hybridized carbons (Fsp3) is 0.583. The van der Waals surface area contributed by atoms with Crippen molar-refractivity contribution in [3.63, 3.8) is 0 Å². The van der Waals surface area contributed by atoms with E-state index in [1.54, 1.807) is 0 Å². The summed E-state index contributed by atoms with van der Waals surface area (Å²) in [6, 6.07) is 0. The molecule has 4 rings (SSSR count). The van der Waals surface area contributed by atoms with E-state index in [-0.39, 0.29) is 45.6 Å². The Morgan fingerprint density at radius 2 is 1.02 bits per heavy atom. The number of amides is 8. The molecule has 262 valence electrons. The van der Waals surface area contributed by atoms with Crippen LogP contribution < -0.4 is 0 Å². The van der Waals surface area contributed by atoms with Gasteiger partial charge in [-0.3, -0.25) is 47.5 Å². The number of rotatable bonds is 13. The van der Waals surface area contributed by atoms with E-state index in [0.29, 0.717) is 0 Å². The van der Waals surface area contributed by atoms with Gasteiger partial charge in [-0.05, 0) is 12.8 Å². The summed E-state index contributed by atoms with van der Waals surface area (Å²) < 4.78 is 67.0. The number of hydrogen-bond acceptors (Lipinski definition) is 16. The summed E-state index contributed by atoms with van der Waals surface area (Å²) in [5.74, 6) is -13.8. The molecule has 4 aliphatic heterocycles. The molecule has 0 spiro atoms. The molecule has 0 radical (unpaired) electrons. The Hall–Kier alpha value is -4.68. The Morgan fingerprint density at radius 1 is 0.625 bits per heavy atom. The number of unbranched alkanes of at least 4 members (excludes halogenated alkanes) is 2. The third-order valence-corrected chi connectivity index (χ3v) is 9.96. The fourth-order valence-electron chi connectivity index (χ4n) is 5.50. The molecule has 24 heteroatoms. The van der Waals surface area contributed by atoms with Gasteiger partial charge in [-0.1, -0.05) is 6.42 Å². The molecule has 2 atom stereocenters. The van der Waals surface area contributed by atoms with Gasteiger partial charge in [0.1, 0.15) is 0 Å². The molecule has 4 saturated heterocycles. The molecule has 22 nitrogen and oxygen atoms in total. The lowest BCUT2D eigenvalue weighted by atomic mass is 9.96. The minimum Gasteiger partial charge on any atom is -0.330 e. The molecule has 4 fully saturated rings. The van der Waals surface area contributed by atoms with E-state index in [0.717, 1.165) is 0 Å². The molecular weight excluding hydrogens is 696 g/mol. The van der Waals surface area contributed by atoms with Crippen LogP contribution in [0.2, 0.25) is 0 Å². The van der Waals surface area contributed by atoms with Crippen molar-refractivity contribution in [1.82, 2.24) is 19.9 Å². The number of imide groups is 4. The minimum atomic E-state index is -5.39. The van der Waals surface area contributed by atoms with Crippen LogP contribution in [0.5, 0.6) is 0 Å². The smallest absolute Gasteiger partial charge is 0.330 e. The maximum atomic E-state index is 14.0. The van der Waals surface area contributed by atoms with Crippen molar-refractivity contribution in [1.29, 1.82) is 0 Å². The highest BCUT2D eigenvalue weighted by molar-refractivity contribution is 7.87. The van der Waals surface area contributed by atoms with Crippen molar-refractivity contribution >= 4 is 79.4 Å². The van der Waals surface area contributed by atoms with Gasteiger partial charge >= 0.3 is 11.9 Å². The van der Waals surface area contributed by atoms with Gasteiger partial charge in [0.05, 0.1) is 12.8 Å². The monoisotopic (exact) mass is 722 g/mol. The van der Waals surface area contributed by atoms with Crippen LogP contribution in [0.15, 0.2) is 0 Å². The normalized spacial score (nSPS) is 23.5. The summed E-state index contributed by atoms with van der Waals surface area (Å²) in [5, 5.41) is -4.99. The lowest BCUT2D eigenvalue weighted by molar-refractivity contribution is -0.216. The van der Waals surface area contributed by atoms with Crippen LogP contribution in [-0.4, -0.2) is 121 Å². The first-order valence-electron chi connectivity index (χ1n) is 14.0. The SMILES string of the molecule is O=C(CCCCCC(C(=O)ON1C(=O)CCC1=O)(N1C(=O)CC(S(=O)(=O)O)C1=O)N1C(=O)CC(S(=O)(=O)O)C1=O)ON1C(=O)CCC1=O. The summed E-state index contributed by atoms with van der Waals surface area (Å²) in [6.07, 6.45) is -6.47. The van der Waals surface area contributed by atoms with Crippen molar-refractivity contribution in [2.24, 2.45) is 0 Å². The molecule has 2 N–H and O–H groups in total. The molecule has 0 saturated carbocycles. The Labute approximate surface area is 269 Å². The van der Waals surface area contributed by atoms with E-state index in [4.69, 9.17) is 9.68 Å². The van der Waals surface area contributed by atoms with Gasteiger partial charge in [0.15, 0.2) is 10.5 Å². The molecule has 0 aromatic rings. The van der Waals surface area contributed by atoms with Gasteiger partial charge in [-0.15, -0.1) is 10.1 Å². The largest absolute Gasteiger partial charge is 0.380 e. The zero-order valence-electron chi connectivity index (χ0n) is 24.5. The Balaban J connectivity index is 1.72. The van der Waals surface area contributed by atoms with Crippen LogP contribution in [0.3, 0.4) is 0 Å². The zero-order valence-corrected chi connectivity index (χ0v) is 26.1. The van der Waals surface area contributed by atoms with Gasteiger partial charge in [-0.2, -0.15) is 16.8 Å². The lowest BCUT2D eigenvalue weighted by Gasteiger charge is -2.43. The first-order valence-corrected chi connectivity index (χ1v) is 17.0. The van der Waals surface area contributed by atoms with Crippen molar-refractivity contribution in [3.8, 4) is 0 Å². The van der Waals surface area contributed by atoms with E-state index < -0.39 is 141 Å². The number of nitrogens with zero attached hydrogens (tertiary/aromatic N) is 4. The van der Waals surface area contributed by atoms with Crippen LogP contribution in [0.25, 0.3) is 0 Å². The van der Waals surface area contributed by atoms with Gasteiger partial charge in [0.25, 0.3) is 55.7 Å². The second kappa shape index (κ2) is 13.1. The topological polar surface area (TPSA) is 311 Å². The van der Waals surface area contributed by atoms with Gasteiger partial charge in [0, 0.05) is 38.5 Å². The number of carbonyl (C=O) groups excluding carboxylic acids is 10. The van der Waals surface area contributed by atoms with Crippen molar-refractivity contribution in [3.05, 3.63) is 0 Å². The molecule has 0 bridgehead atoms. The maximum absolute atomic E-state index is 14.0. The second-order valence-corrected chi connectivity index (χ2v) is 14.1. The maximum Gasteiger partial charge on any atom is 0.380 e. The van der Waals surface area contributed by atoms with Crippen molar-refractivity contribution in [2.45, 2.75) is 86.8 Å².